The standard InChI is InChI=1S/C14H14BrClS/c15-12-9-13(17-10-12)7-4-8-14(16)11-5-2-1-3-6-11/h1-3,5-6,9-10,14H,4,7-8H2. The van der Waals surface area contributed by atoms with Gasteiger partial charge in [-0.15, -0.1) is 22.9 Å². The van der Waals surface area contributed by atoms with E-state index >= 15 is 0 Å². The summed E-state index contributed by atoms with van der Waals surface area (Å²) < 4.78 is 1.18. The Balaban J connectivity index is 1.79. The van der Waals surface area contributed by atoms with E-state index in [0.29, 0.717) is 0 Å². The Hall–Kier alpha value is -0.310. The summed E-state index contributed by atoms with van der Waals surface area (Å²) in [6.07, 6.45) is 3.28. The zero-order valence-corrected chi connectivity index (χ0v) is 12.6. The average Bonchev–Trinajstić information content (AvgIpc) is 2.76. The SMILES string of the molecule is ClC(CCCc1cc(Br)cs1)c1ccccc1. The molecule has 0 aliphatic heterocycles. The molecular formula is C14H14BrClS. The van der Waals surface area contributed by atoms with Crippen molar-refractivity contribution in [1.82, 2.24) is 0 Å². The molecule has 2 rings (SSSR count). The third-order valence-electron chi connectivity index (χ3n) is 2.66. The fraction of sp³-hybridized carbons (Fsp3) is 0.286. The van der Waals surface area contributed by atoms with Gasteiger partial charge in [0, 0.05) is 14.7 Å². The molecule has 0 nitrogen and oxygen atoms in total. The van der Waals surface area contributed by atoms with Gasteiger partial charge in [0.15, 0.2) is 0 Å². The lowest BCUT2D eigenvalue weighted by Crippen LogP contribution is -1.91. The summed E-state index contributed by atoms with van der Waals surface area (Å²) in [5.74, 6) is 0. The minimum absolute atomic E-state index is 0.139. The number of halogens is 2. The highest BCUT2D eigenvalue weighted by Crippen LogP contribution is 2.27. The molecule has 3 heteroatoms. The lowest BCUT2D eigenvalue weighted by molar-refractivity contribution is 0.721. The summed E-state index contributed by atoms with van der Waals surface area (Å²) in [6, 6.07) is 12.5. The minimum atomic E-state index is 0.139. The van der Waals surface area contributed by atoms with Gasteiger partial charge in [0.2, 0.25) is 0 Å². The highest BCUT2D eigenvalue weighted by Gasteiger charge is 2.07. The summed E-state index contributed by atoms with van der Waals surface area (Å²) in [6.45, 7) is 0. The number of hydrogen-bond donors (Lipinski definition) is 0. The molecule has 1 unspecified atom stereocenters. The molecular weight excluding hydrogens is 316 g/mol. The Bertz CT molecular complexity index is 452. The number of alkyl halides is 1. The summed E-state index contributed by atoms with van der Waals surface area (Å²) in [5, 5.41) is 2.27. The zero-order chi connectivity index (χ0) is 12.1. The Kier molecular flexibility index (Phi) is 5.08. The lowest BCUT2D eigenvalue weighted by Gasteiger charge is -2.08. The van der Waals surface area contributed by atoms with Gasteiger partial charge in [0.1, 0.15) is 0 Å². The van der Waals surface area contributed by atoms with Crippen molar-refractivity contribution in [3.63, 3.8) is 0 Å². The third kappa shape index (κ3) is 4.13. The van der Waals surface area contributed by atoms with Crippen LogP contribution in [-0.4, -0.2) is 0 Å². The molecule has 0 spiro atoms. The van der Waals surface area contributed by atoms with E-state index in [1.807, 2.05) is 29.5 Å². The second-order valence-electron chi connectivity index (χ2n) is 4.00. The molecule has 0 N–H and O–H groups in total. The van der Waals surface area contributed by atoms with Gasteiger partial charge < -0.3 is 0 Å². The maximum Gasteiger partial charge on any atom is 0.0585 e. The first-order valence-electron chi connectivity index (χ1n) is 5.67. The quantitative estimate of drug-likeness (QED) is 0.607. The summed E-state index contributed by atoms with van der Waals surface area (Å²) in [4.78, 5) is 1.42. The maximum atomic E-state index is 6.37. The van der Waals surface area contributed by atoms with E-state index in [2.05, 4.69) is 39.5 Å². The van der Waals surface area contributed by atoms with Gasteiger partial charge >= 0.3 is 0 Å². The van der Waals surface area contributed by atoms with Crippen LogP contribution in [0.1, 0.15) is 28.7 Å². The van der Waals surface area contributed by atoms with Crippen molar-refractivity contribution < 1.29 is 0 Å². The van der Waals surface area contributed by atoms with Crippen molar-refractivity contribution in [3.05, 3.63) is 56.7 Å². The smallest absolute Gasteiger partial charge is 0.0585 e. The van der Waals surface area contributed by atoms with E-state index in [-0.39, 0.29) is 5.38 Å². The van der Waals surface area contributed by atoms with E-state index in [4.69, 9.17) is 11.6 Å². The predicted molar refractivity (Wildman–Crippen MR) is 80.0 cm³/mol. The molecule has 1 heterocycles. The largest absolute Gasteiger partial charge is 0.148 e. The summed E-state index contributed by atoms with van der Waals surface area (Å²) in [5.41, 5.74) is 1.22. The van der Waals surface area contributed by atoms with E-state index in [1.54, 1.807) is 0 Å². The summed E-state index contributed by atoms with van der Waals surface area (Å²) >= 11 is 11.7. The molecule has 0 aliphatic carbocycles. The lowest BCUT2D eigenvalue weighted by atomic mass is 10.1. The Labute approximate surface area is 120 Å². The molecule has 1 atom stereocenters. The molecule has 2 aromatic rings. The molecule has 0 saturated heterocycles. The van der Waals surface area contributed by atoms with Crippen LogP contribution in [-0.2, 0) is 6.42 Å². The summed E-state index contributed by atoms with van der Waals surface area (Å²) in [7, 11) is 0. The number of aryl methyl sites for hydroxylation is 1. The van der Waals surface area contributed by atoms with E-state index in [1.165, 1.54) is 14.9 Å². The number of hydrogen-bond acceptors (Lipinski definition) is 1. The van der Waals surface area contributed by atoms with Gasteiger partial charge in [0.05, 0.1) is 5.38 Å². The van der Waals surface area contributed by atoms with E-state index in [9.17, 15) is 0 Å². The molecule has 90 valence electrons. The van der Waals surface area contributed by atoms with Crippen molar-refractivity contribution >= 4 is 38.9 Å². The second-order valence-corrected chi connectivity index (χ2v) is 6.44. The van der Waals surface area contributed by atoms with E-state index in [0.717, 1.165) is 19.3 Å². The van der Waals surface area contributed by atoms with Crippen molar-refractivity contribution in [1.29, 1.82) is 0 Å². The number of rotatable bonds is 5. The van der Waals surface area contributed by atoms with Gasteiger partial charge in [-0.2, -0.15) is 0 Å². The normalized spacial score (nSPS) is 12.6. The molecule has 0 bridgehead atoms. The first-order chi connectivity index (χ1) is 8.25. The van der Waals surface area contributed by atoms with Crippen LogP contribution in [0.4, 0.5) is 0 Å². The third-order valence-corrected chi connectivity index (χ3v) is 4.89. The van der Waals surface area contributed by atoms with Gasteiger partial charge in [-0.1, -0.05) is 30.3 Å². The monoisotopic (exact) mass is 328 g/mol. The van der Waals surface area contributed by atoms with Crippen LogP contribution >= 0.6 is 38.9 Å². The highest BCUT2D eigenvalue weighted by atomic mass is 79.9. The molecule has 17 heavy (non-hydrogen) atoms. The Morgan fingerprint density at radius 3 is 2.65 bits per heavy atom. The van der Waals surface area contributed by atoms with E-state index < -0.39 is 0 Å². The Morgan fingerprint density at radius 2 is 2.00 bits per heavy atom. The molecule has 0 radical (unpaired) electrons. The van der Waals surface area contributed by atoms with Gasteiger partial charge in [-0.25, -0.2) is 0 Å². The molecule has 0 aliphatic rings. The second kappa shape index (κ2) is 6.58. The fourth-order valence-electron chi connectivity index (χ4n) is 1.77. The molecule has 0 saturated carbocycles. The van der Waals surface area contributed by atoms with Crippen LogP contribution in [0.5, 0.6) is 0 Å². The molecule has 0 amide bonds. The van der Waals surface area contributed by atoms with Crippen molar-refractivity contribution in [2.45, 2.75) is 24.6 Å². The minimum Gasteiger partial charge on any atom is -0.148 e. The van der Waals surface area contributed by atoms with Crippen LogP contribution in [0.25, 0.3) is 0 Å². The van der Waals surface area contributed by atoms with Crippen LogP contribution in [0.2, 0.25) is 0 Å². The molecule has 1 aromatic carbocycles. The van der Waals surface area contributed by atoms with Gasteiger partial charge in [0.25, 0.3) is 0 Å². The topological polar surface area (TPSA) is 0 Å². The Morgan fingerprint density at radius 1 is 1.24 bits per heavy atom. The first-order valence-corrected chi connectivity index (χ1v) is 7.78. The van der Waals surface area contributed by atoms with Crippen LogP contribution < -0.4 is 0 Å². The van der Waals surface area contributed by atoms with Crippen LogP contribution in [0.15, 0.2) is 46.3 Å². The van der Waals surface area contributed by atoms with Crippen molar-refractivity contribution in [3.8, 4) is 0 Å². The molecule has 1 aromatic heterocycles. The molecule has 0 fully saturated rings. The van der Waals surface area contributed by atoms with Gasteiger partial charge in [-0.3, -0.25) is 0 Å². The highest BCUT2D eigenvalue weighted by molar-refractivity contribution is 9.10. The zero-order valence-electron chi connectivity index (χ0n) is 9.40. The maximum absolute atomic E-state index is 6.37. The van der Waals surface area contributed by atoms with Crippen molar-refractivity contribution in [2.75, 3.05) is 0 Å². The van der Waals surface area contributed by atoms with Crippen LogP contribution in [0.3, 0.4) is 0 Å². The first kappa shape index (κ1) is 13.1. The van der Waals surface area contributed by atoms with Crippen molar-refractivity contribution in [2.24, 2.45) is 0 Å². The number of benzene rings is 1. The predicted octanol–water partition coefficient (Wildman–Crippen LogP) is 5.81. The fourth-order valence-corrected chi connectivity index (χ4v) is 3.57. The average molecular weight is 330 g/mol. The van der Waals surface area contributed by atoms with Crippen LogP contribution in [0, 0.1) is 0 Å². The number of thiophene rings is 1. The van der Waals surface area contributed by atoms with Gasteiger partial charge in [-0.05, 0) is 46.8 Å².